The maximum absolute atomic E-state index is 10.9. The average Bonchev–Trinajstić information content (AvgIpc) is 2.30. The summed E-state index contributed by atoms with van der Waals surface area (Å²) in [5.41, 5.74) is 10.1. The second-order valence-electron chi connectivity index (χ2n) is 3.83. The number of hydrogen-bond donors (Lipinski definition) is 4. The van der Waals surface area contributed by atoms with Crippen molar-refractivity contribution in [3.05, 3.63) is 72.2 Å². The zero-order valence-electron chi connectivity index (χ0n) is 10.8. The third kappa shape index (κ3) is 4.69. The predicted molar refractivity (Wildman–Crippen MR) is 76.4 cm³/mol. The minimum atomic E-state index is -1.28. The zero-order chi connectivity index (χ0) is 16.0. The van der Waals surface area contributed by atoms with Gasteiger partial charge in [0.05, 0.1) is 11.1 Å². The van der Waals surface area contributed by atoms with Gasteiger partial charge in [-0.25, -0.2) is 9.59 Å². The van der Waals surface area contributed by atoms with E-state index in [9.17, 15) is 9.59 Å². The summed E-state index contributed by atoms with van der Waals surface area (Å²) in [5.74, 6) is -2.56. The molecule has 0 aromatic heterocycles. The number of hydrogen-bond acceptors (Lipinski definition) is 4. The Bertz CT molecular complexity index is 496. The van der Waals surface area contributed by atoms with Gasteiger partial charge in [0, 0.05) is 11.4 Å². The molecule has 0 bridgehead atoms. The van der Waals surface area contributed by atoms with Crippen LogP contribution >= 0.6 is 0 Å². The molecule has 6 N–H and O–H groups in total. The first-order chi connectivity index (χ1) is 9.07. The monoisotopic (exact) mass is 276 g/mol. The molecule has 0 aliphatic heterocycles. The Balaban J connectivity index is 5.48. The van der Waals surface area contributed by atoms with Crippen molar-refractivity contribution in [1.29, 1.82) is 0 Å². The van der Waals surface area contributed by atoms with Gasteiger partial charge in [-0.05, 0) is 23.3 Å². The largest absolute Gasteiger partial charge is 0.478 e. The van der Waals surface area contributed by atoms with Crippen LogP contribution in [0.3, 0.4) is 0 Å². The first kappa shape index (κ1) is 17.0. The van der Waals surface area contributed by atoms with E-state index < -0.39 is 11.9 Å². The second-order valence-corrected chi connectivity index (χ2v) is 3.83. The normalized spacial score (nSPS) is 11.6. The van der Waals surface area contributed by atoms with Crippen LogP contribution in [0.1, 0.15) is 0 Å². The summed E-state index contributed by atoms with van der Waals surface area (Å²) in [7, 11) is 0. The molecule has 0 unspecified atom stereocenters. The maximum atomic E-state index is 10.9. The summed E-state index contributed by atoms with van der Waals surface area (Å²) in [6, 6.07) is 0. The Labute approximate surface area is 116 Å². The van der Waals surface area contributed by atoms with Crippen molar-refractivity contribution >= 4 is 11.9 Å². The Kier molecular flexibility index (Phi) is 5.77. The topological polar surface area (TPSA) is 127 Å². The summed E-state index contributed by atoms with van der Waals surface area (Å²) >= 11 is 0. The van der Waals surface area contributed by atoms with Crippen LogP contribution in [-0.4, -0.2) is 22.2 Å². The predicted octanol–water partition coefficient (Wildman–Crippen LogP) is 1.07. The maximum Gasteiger partial charge on any atom is 0.337 e. The van der Waals surface area contributed by atoms with Gasteiger partial charge in [0.1, 0.15) is 0 Å². The molecule has 0 heterocycles. The molecule has 0 aliphatic carbocycles. The van der Waals surface area contributed by atoms with Crippen LogP contribution in [0.15, 0.2) is 72.2 Å². The van der Waals surface area contributed by atoms with Crippen LogP contribution in [0, 0.1) is 0 Å². The van der Waals surface area contributed by atoms with Gasteiger partial charge >= 0.3 is 11.9 Å². The Hall–Kier alpha value is -3.02. The van der Waals surface area contributed by atoms with Crippen molar-refractivity contribution in [3.8, 4) is 0 Å². The first-order valence-corrected chi connectivity index (χ1v) is 5.25. The third-order valence-electron chi connectivity index (χ3n) is 2.20. The molecular formula is C14H16N2O4. The molecule has 0 atom stereocenters. The molecule has 20 heavy (non-hydrogen) atoms. The van der Waals surface area contributed by atoms with Crippen LogP contribution in [0.2, 0.25) is 0 Å². The van der Waals surface area contributed by atoms with Crippen LogP contribution in [0.5, 0.6) is 0 Å². The highest BCUT2D eigenvalue weighted by Gasteiger charge is 2.12. The van der Waals surface area contributed by atoms with E-state index in [1.54, 1.807) is 0 Å². The molecule has 106 valence electrons. The lowest BCUT2D eigenvalue weighted by atomic mass is 10.0. The molecule has 0 aromatic rings. The fraction of sp³-hybridized carbons (Fsp3) is 0. The summed E-state index contributed by atoms with van der Waals surface area (Å²) in [6.45, 7) is 13.8. The Morgan fingerprint density at radius 2 is 1.00 bits per heavy atom. The van der Waals surface area contributed by atoms with Crippen LogP contribution < -0.4 is 11.5 Å². The van der Waals surface area contributed by atoms with Crippen LogP contribution in [0.4, 0.5) is 0 Å². The van der Waals surface area contributed by atoms with Crippen molar-refractivity contribution in [2.75, 3.05) is 0 Å². The molecule has 0 amide bonds. The number of carboxylic acid groups (broad SMARTS) is 2. The van der Waals surface area contributed by atoms with Gasteiger partial charge in [0.15, 0.2) is 0 Å². The third-order valence-corrected chi connectivity index (χ3v) is 2.20. The highest BCUT2D eigenvalue weighted by molar-refractivity contribution is 5.93. The second kappa shape index (κ2) is 6.79. The van der Waals surface area contributed by atoms with Crippen LogP contribution in [0.25, 0.3) is 0 Å². The highest BCUT2D eigenvalue weighted by Crippen LogP contribution is 2.17. The minimum absolute atomic E-state index is 0.155. The summed E-state index contributed by atoms with van der Waals surface area (Å²) in [4.78, 5) is 21.8. The molecule has 0 aliphatic rings. The standard InChI is InChI=1S/C14H16N2O4/c1-7(5-11(9(3)15)13(17)18)8(2)6-12(10(4)16)14(19)20/h5-6H,1-4,15-16H2,(H,17,18)(H,19,20)/b11-5+,12-6+. The average molecular weight is 276 g/mol. The van der Waals surface area contributed by atoms with Gasteiger partial charge in [0.2, 0.25) is 0 Å². The summed E-state index contributed by atoms with van der Waals surface area (Å²) in [5, 5.41) is 17.8. The number of aliphatic carboxylic acids is 2. The Morgan fingerprint density at radius 1 is 0.750 bits per heavy atom. The summed E-state index contributed by atoms with van der Waals surface area (Å²) in [6.07, 6.45) is 2.28. The Morgan fingerprint density at radius 3 is 1.15 bits per heavy atom. The van der Waals surface area contributed by atoms with Crippen LogP contribution in [-0.2, 0) is 9.59 Å². The molecule has 6 nitrogen and oxygen atoms in total. The fourth-order valence-electron chi connectivity index (χ4n) is 1.12. The molecule has 0 aromatic carbocycles. The number of allylic oxidation sites excluding steroid dienone is 4. The SMILES string of the molecule is C=C(/C=C(\C(=C)N)C(=O)O)C(=C)/C=C(\C(=C)N)C(=O)O. The first-order valence-electron chi connectivity index (χ1n) is 5.25. The van der Waals surface area contributed by atoms with Crippen molar-refractivity contribution in [2.45, 2.75) is 0 Å². The molecule has 0 rings (SSSR count). The fourth-order valence-corrected chi connectivity index (χ4v) is 1.12. The van der Waals surface area contributed by atoms with Crippen molar-refractivity contribution in [1.82, 2.24) is 0 Å². The molecule has 0 radical (unpaired) electrons. The van der Waals surface area contributed by atoms with E-state index in [1.165, 1.54) is 0 Å². The van der Waals surface area contributed by atoms with Gasteiger partial charge in [-0.3, -0.25) is 0 Å². The number of rotatable bonds is 7. The number of nitrogens with two attached hydrogens (primary N) is 2. The minimum Gasteiger partial charge on any atom is -0.478 e. The van der Waals surface area contributed by atoms with E-state index in [4.69, 9.17) is 21.7 Å². The molecule has 0 saturated heterocycles. The molecular weight excluding hydrogens is 260 g/mol. The lowest BCUT2D eigenvalue weighted by Crippen LogP contribution is -2.10. The van der Waals surface area contributed by atoms with Crippen molar-refractivity contribution in [3.63, 3.8) is 0 Å². The van der Waals surface area contributed by atoms with Gasteiger partial charge < -0.3 is 21.7 Å². The van der Waals surface area contributed by atoms with E-state index in [-0.39, 0.29) is 33.7 Å². The van der Waals surface area contributed by atoms with Gasteiger partial charge in [-0.1, -0.05) is 26.3 Å². The molecule has 0 saturated carbocycles. The van der Waals surface area contributed by atoms with E-state index in [1.807, 2.05) is 0 Å². The quantitative estimate of drug-likeness (QED) is 0.407. The van der Waals surface area contributed by atoms with E-state index in [2.05, 4.69) is 26.3 Å². The lowest BCUT2D eigenvalue weighted by molar-refractivity contribution is -0.133. The van der Waals surface area contributed by atoms with Crippen molar-refractivity contribution in [2.24, 2.45) is 11.5 Å². The lowest BCUT2D eigenvalue weighted by Gasteiger charge is -2.06. The molecule has 0 spiro atoms. The van der Waals surface area contributed by atoms with Gasteiger partial charge in [-0.15, -0.1) is 0 Å². The molecule has 0 fully saturated rings. The van der Waals surface area contributed by atoms with E-state index in [0.717, 1.165) is 12.2 Å². The van der Waals surface area contributed by atoms with Gasteiger partial charge in [0.25, 0.3) is 0 Å². The van der Waals surface area contributed by atoms with Gasteiger partial charge in [-0.2, -0.15) is 0 Å². The number of carbonyl (C=O) groups is 2. The highest BCUT2D eigenvalue weighted by atomic mass is 16.4. The van der Waals surface area contributed by atoms with E-state index in [0.29, 0.717) is 0 Å². The van der Waals surface area contributed by atoms with E-state index >= 15 is 0 Å². The smallest absolute Gasteiger partial charge is 0.337 e. The van der Waals surface area contributed by atoms with Crippen molar-refractivity contribution < 1.29 is 19.8 Å². The zero-order valence-corrected chi connectivity index (χ0v) is 10.8. The number of carboxylic acids is 2. The summed E-state index contributed by atoms with van der Waals surface area (Å²) < 4.78 is 0. The molecule has 6 heteroatoms.